The van der Waals surface area contributed by atoms with Gasteiger partial charge in [-0.15, -0.1) is 0 Å². The molecule has 0 aromatic carbocycles. The van der Waals surface area contributed by atoms with Crippen LogP contribution in [0.15, 0.2) is 36.7 Å². The predicted octanol–water partition coefficient (Wildman–Crippen LogP) is 6.08. The van der Waals surface area contributed by atoms with Crippen molar-refractivity contribution in [2.75, 3.05) is 29.9 Å². The summed E-state index contributed by atoms with van der Waals surface area (Å²) in [6.07, 6.45) is 6.40. The molecule has 0 radical (unpaired) electrons. The van der Waals surface area contributed by atoms with Gasteiger partial charge in [-0.3, -0.25) is 0 Å². The first-order chi connectivity index (χ1) is 13.4. The largest absolute Gasteiger partial charge is 0.370 e. The molecule has 0 amide bonds. The number of aromatic nitrogens is 2. The van der Waals surface area contributed by atoms with Crippen molar-refractivity contribution >= 4 is 11.6 Å². The van der Waals surface area contributed by atoms with E-state index in [1.807, 2.05) is 6.20 Å². The predicted molar refractivity (Wildman–Crippen MR) is 121 cm³/mol. The molecule has 2 aromatic rings. The van der Waals surface area contributed by atoms with E-state index in [1.54, 1.807) is 0 Å². The molecule has 0 aliphatic carbocycles. The fourth-order valence-corrected chi connectivity index (χ4v) is 3.36. The number of hydrogen-bond donors (Lipinski definition) is 1. The minimum absolute atomic E-state index is 0.525. The van der Waals surface area contributed by atoms with Gasteiger partial charge in [-0.25, -0.2) is 9.97 Å². The standard InChI is InChI=1S/C24H38N4/c1-7-28(8-2)24-14-12-22(17-27-24)20(6)10-9-19(5)15-25-23-13-11-21(16-26-23)18(3)4/h11-14,16-20H,7-10,15H2,1-6H3,(H,25,26). The summed E-state index contributed by atoms with van der Waals surface area (Å²) < 4.78 is 0. The number of pyridine rings is 2. The molecule has 0 saturated heterocycles. The quantitative estimate of drug-likeness (QED) is 0.511. The van der Waals surface area contributed by atoms with Crippen LogP contribution in [0.3, 0.4) is 0 Å². The van der Waals surface area contributed by atoms with Crippen molar-refractivity contribution in [3.8, 4) is 0 Å². The maximum atomic E-state index is 4.67. The molecular formula is C24H38N4. The topological polar surface area (TPSA) is 41.0 Å². The molecule has 4 heteroatoms. The molecule has 0 saturated carbocycles. The first-order valence-corrected chi connectivity index (χ1v) is 10.8. The highest BCUT2D eigenvalue weighted by Gasteiger charge is 2.11. The SMILES string of the molecule is CCN(CC)c1ccc(C(C)CCC(C)CNc2ccc(C(C)C)cn2)cn1. The van der Waals surface area contributed by atoms with E-state index in [-0.39, 0.29) is 0 Å². The minimum atomic E-state index is 0.525. The Labute approximate surface area is 171 Å². The van der Waals surface area contributed by atoms with Gasteiger partial charge in [0.25, 0.3) is 0 Å². The Hall–Kier alpha value is -2.10. The molecule has 2 atom stereocenters. The van der Waals surface area contributed by atoms with E-state index in [2.05, 4.69) is 92.2 Å². The summed E-state index contributed by atoms with van der Waals surface area (Å²) in [6.45, 7) is 16.3. The summed E-state index contributed by atoms with van der Waals surface area (Å²) in [5.74, 6) is 3.72. The van der Waals surface area contributed by atoms with Crippen molar-refractivity contribution in [2.45, 2.75) is 66.2 Å². The Morgan fingerprint density at radius 1 is 0.857 bits per heavy atom. The lowest BCUT2D eigenvalue weighted by molar-refractivity contribution is 0.499. The fraction of sp³-hybridized carbons (Fsp3) is 0.583. The normalized spacial score (nSPS) is 13.4. The lowest BCUT2D eigenvalue weighted by atomic mass is 9.93. The third-order valence-corrected chi connectivity index (χ3v) is 5.60. The van der Waals surface area contributed by atoms with Crippen molar-refractivity contribution < 1.29 is 0 Å². The van der Waals surface area contributed by atoms with Crippen LogP contribution in [-0.2, 0) is 0 Å². The van der Waals surface area contributed by atoms with Crippen LogP contribution in [-0.4, -0.2) is 29.6 Å². The number of nitrogens with zero attached hydrogens (tertiary/aromatic N) is 3. The molecule has 2 aromatic heterocycles. The van der Waals surface area contributed by atoms with Crippen LogP contribution in [0, 0.1) is 5.92 Å². The number of hydrogen-bond acceptors (Lipinski definition) is 4. The van der Waals surface area contributed by atoms with Gasteiger partial charge in [-0.2, -0.15) is 0 Å². The Morgan fingerprint density at radius 2 is 1.54 bits per heavy atom. The fourth-order valence-electron chi connectivity index (χ4n) is 3.36. The molecule has 2 heterocycles. The van der Waals surface area contributed by atoms with Gasteiger partial charge < -0.3 is 10.2 Å². The third kappa shape index (κ3) is 6.50. The van der Waals surface area contributed by atoms with Crippen LogP contribution < -0.4 is 10.2 Å². The summed E-state index contributed by atoms with van der Waals surface area (Å²) in [5, 5.41) is 3.48. The Morgan fingerprint density at radius 3 is 2.07 bits per heavy atom. The second-order valence-electron chi connectivity index (χ2n) is 8.22. The summed E-state index contributed by atoms with van der Waals surface area (Å²) in [7, 11) is 0. The molecule has 2 unspecified atom stereocenters. The van der Waals surface area contributed by atoms with E-state index in [9.17, 15) is 0 Å². The van der Waals surface area contributed by atoms with E-state index in [1.165, 1.54) is 24.0 Å². The van der Waals surface area contributed by atoms with Gasteiger partial charge in [0.2, 0.25) is 0 Å². The minimum Gasteiger partial charge on any atom is -0.370 e. The third-order valence-electron chi connectivity index (χ3n) is 5.60. The van der Waals surface area contributed by atoms with Gasteiger partial charge in [0.15, 0.2) is 0 Å². The van der Waals surface area contributed by atoms with Gasteiger partial charge in [0.1, 0.15) is 11.6 Å². The van der Waals surface area contributed by atoms with Crippen LogP contribution in [0.4, 0.5) is 11.6 Å². The summed E-state index contributed by atoms with van der Waals surface area (Å²) in [6, 6.07) is 8.67. The van der Waals surface area contributed by atoms with Crippen LogP contribution in [0.25, 0.3) is 0 Å². The van der Waals surface area contributed by atoms with Crippen LogP contribution in [0.2, 0.25) is 0 Å². The van der Waals surface area contributed by atoms with E-state index in [4.69, 9.17) is 0 Å². The average molecular weight is 383 g/mol. The van der Waals surface area contributed by atoms with Crippen molar-refractivity contribution in [3.63, 3.8) is 0 Å². The zero-order valence-corrected chi connectivity index (χ0v) is 18.6. The number of rotatable bonds is 11. The Balaban J connectivity index is 1.77. The van der Waals surface area contributed by atoms with Gasteiger partial charge in [0, 0.05) is 32.0 Å². The zero-order chi connectivity index (χ0) is 20.5. The zero-order valence-electron chi connectivity index (χ0n) is 18.6. The molecule has 2 rings (SSSR count). The maximum Gasteiger partial charge on any atom is 0.128 e. The first-order valence-electron chi connectivity index (χ1n) is 10.8. The van der Waals surface area contributed by atoms with E-state index >= 15 is 0 Å². The number of anilines is 2. The molecule has 0 aliphatic heterocycles. The Bertz CT molecular complexity index is 675. The van der Waals surface area contributed by atoms with E-state index in [0.29, 0.717) is 17.8 Å². The summed E-state index contributed by atoms with van der Waals surface area (Å²) in [5.41, 5.74) is 2.62. The van der Waals surface area contributed by atoms with Gasteiger partial charge >= 0.3 is 0 Å². The van der Waals surface area contributed by atoms with Gasteiger partial charge in [0.05, 0.1) is 0 Å². The molecular weight excluding hydrogens is 344 g/mol. The highest BCUT2D eigenvalue weighted by Crippen LogP contribution is 2.24. The van der Waals surface area contributed by atoms with E-state index < -0.39 is 0 Å². The average Bonchev–Trinajstić information content (AvgIpc) is 2.72. The van der Waals surface area contributed by atoms with E-state index in [0.717, 1.165) is 31.3 Å². The highest BCUT2D eigenvalue weighted by atomic mass is 15.2. The van der Waals surface area contributed by atoms with Crippen LogP contribution in [0.5, 0.6) is 0 Å². The molecule has 0 aliphatic rings. The number of nitrogens with one attached hydrogen (secondary N) is 1. The molecule has 154 valence electrons. The Kier molecular flexibility index (Phi) is 8.75. The summed E-state index contributed by atoms with van der Waals surface area (Å²) in [4.78, 5) is 11.5. The molecule has 4 nitrogen and oxygen atoms in total. The van der Waals surface area contributed by atoms with Crippen molar-refractivity contribution in [3.05, 3.63) is 47.8 Å². The molecule has 0 spiro atoms. The molecule has 0 bridgehead atoms. The van der Waals surface area contributed by atoms with Gasteiger partial charge in [-0.1, -0.05) is 39.8 Å². The summed E-state index contributed by atoms with van der Waals surface area (Å²) >= 11 is 0. The second-order valence-corrected chi connectivity index (χ2v) is 8.22. The van der Waals surface area contributed by atoms with Crippen LogP contribution >= 0.6 is 0 Å². The second kappa shape index (κ2) is 11.0. The first kappa shape index (κ1) is 22.2. The lowest BCUT2D eigenvalue weighted by Crippen LogP contribution is -2.22. The maximum absolute atomic E-state index is 4.67. The van der Waals surface area contributed by atoms with Crippen molar-refractivity contribution in [2.24, 2.45) is 5.92 Å². The smallest absolute Gasteiger partial charge is 0.128 e. The molecule has 1 N–H and O–H groups in total. The van der Waals surface area contributed by atoms with Crippen molar-refractivity contribution in [1.29, 1.82) is 0 Å². The highest BCUT2D eigenvalue weighted by molar-refractivity contribution is 5.39. The van der Waals surface area contributed by atoms with Crippen molar-refractivity contribution in [1.82, 2.24) is 9.97 Å². The molecule has 28 heavy (non-hydrogen) atoms. The van der Waals surface area contributed by atoms with Crippen LogP contribution in [0.1, 0.15) is 77.3 Å². The van der Waals surface area contributed by atoms with Gasteiger partial charge in [-0.05, 0) is 67.7 Å². The monoisotopic (exact) mass is 382 g/mol. The lowest BCUT2D eigenvalue weighted by Gasteiger charge is -2.21. The molecule has 0 fully saturated rings.